The third kappa shape index (κ3) is 3.99. The maximum Gasteiger partial charge on any atom is 0.260 e. The second-order valence-electron chi connectivity index (χ2n) is 5.27. The molecule has 0 fully saturated rings. The van der Waals surface area contributed by atoms with Crippen molar-refractivity contribution in [3.63, 3.8) is 0 Å². The summed E-state index contributed by atoms with van der Waals surface area (Å²) in [6, 6.07) is 3.13. The van der Waals surface area contributed by atoms with Gasteiger partial charge in [-0.05, 0) is 31.4 Å². The summed E-state index contributed by atoms with van der Waals surface area (Å²) in [5.41, 5.74) is 6.30. The molecule has 6 heteroatoms. The first-order valence-corrected chi connectivity index (χ1v) is 7.90. The van der Waals surface area contributed by atoms with Gasteiger partial charge in [0.25, 0.3) is 10.0 Å². The van der Waals surface area contributed by atoms with E-state index in [0.29, 0.717) is 13.1 Å². The standard InChI is InChI=1S/C13H23N3O2S/c1-10(2)9-16(11(3)4)19(17,18)13-6-5-12(7-14)8-15-13/h5-6,8,10-11H,7,9,14H2,1-4H3. The van der Waals surface area contributed by atoms with Crippen molar-refractivity contribution in [1.29, 1.82) is 0 Å². The Labute approximate surface area is 115 Å². The molecule has 0 aliphatic carbocycles. The second kappa shape index (κ2) is 6.45. The van der Waals surface area contributed by atoms with Gasteiger partial charge in [0.05, 0.1) is 0 Å². The van der Waals surface area contributed by atoms with Crippen LogP contribution in [0.25, 0.3) is 0 Å². The molecular weight excluding hydrogens is 262 g/mol. The van der Waals surface area contributed by atoms with E-state index >= 15 is 0 Å². The van der Waals surface area contributed by atoms with Gasteiger partial charge in [0, 0.05) is 25.3 Å². The van der Waals surface area contributed by atoms with E-state index in [1.54, 1.807) is 6.07 Å². The molecule has 2 N–H and O–H groups in total. The van der Waals surface area contributed by atoms with Crippen molar-refractivity contribution >= 4 is 10.0 Å². The van der Waals surface area contributed by atoms with Crippen LogP contribution in [0.3, 0.4) is 0 Å². The molecule has 1 aromatic rings. The molecule has 1 heterocycles. The van der Waals surface area contributed by atoms with Crippen LogP contribution in [0.15, 0.2) is 23.4 Å². The SMILES string of the molecule is CC(C)CN(C(C)C)S(=O)(=O)c1ccc(CN)cn1. The molecule has 19 heavy (non-hydrogen) atoms. The monoisotopic (exact) mass is 285 g/mol. The molecule has 5 nitrogen and oxygen atoms in total. The van der Waals surface area contributed by atoms with Crippen LogP contribution in [-0.2, 0) is 16.6 Å². The van der Waals surface area contributed by atoms with E-state index in [1.165, 1.54) is 16.6 Å². The fourth-order valence-corrected chi connectivity index (χ4v) is 3.47. The summed E-state index contributed by atoms with van der Waals surface area (Å²) in [6.45, 7) is 8.57. The van der Waals surface area contributed by atoms with Gasteiger partial charge in [-0.25, -0.2) is 13.4 Å². The lowest BCUT2D eigenvalue weighted by Crippen LogP contribution is -2.39. The molecule has 0 unspecified atom stereocenters. The summed E-state index contributed by atoms with van der Waals surface area (Å²) < 4.78 is 26.6. The number of hydrogen-bond acceptors (Lipinski definition) is 4. The predicted molar refractivity (Wildman–Crippen MR) is 76.0 cm³/mol. The van der Waals surface area contributed by atoms with E-state index in [2.05, 4.69) is 4.98 Å². The van der Waals surface area contributed by atoms with Crippen LogP contribution in [-0.4, -0.2) is 30.3 Å². The summed E-state index contributed by atoms with van der Waals surface area (Å²) in [4.78, 5) is 4.02. The summed E-state index contributed by atoms with van der Waals surface area (Å²) in [5.74, 6) is 0.264. The Balaban J connectivity index is 3.11. The van der Waals surface area contributed by atoms with Crippen molar-refractivity contribution in [2.24, 2.45) is 11.7 Å². The van der Waals surface area contributed by atoms with Crippen molar-refractivity contribution in [3.05, 3.63) is 23.9 Å². The Morgan fingerprint density at radius 1 is 1.26 bits per heavy atom. The van der Waals surface area contributed by atoms with E-state index in [4.69, 9.17) is 5.73 Å². The molecule has 0 spiro atoms. The minimum atomic E-state index is -3.54. The molecular formula is C13H23N3O2S. The van der Waals surface area contributed by atoms with Gasteiger partial charge in [-0.3, -0.25) is 0 Å². The van der Waals surface area contributed by atoms with Crippen LogP contribution in [0.4, 0.5) is 0 Å². The number of nitrogens with two attached hydrogens (primary N) is 1. The second-order valence-corrected chi connectivity index (χ2v) is 7.11. The zero-order chi connectivity index (χ0) is 14.6. The van der Waals surface area contributed by atoms with E-state index < -0.39 is 10.0 Å². The Hall–Kier alpha value is -0.980. The topological polar surface area (TPSA) is 76.3 Å². The number of sulfonamides is 1. The number of hydrogen-bond donors (Lipinski definition) is 1. The molecule has 1 rings (SSSR count). The highest BCUT2D eigenvalue weighted by atomic mass is 32.2. The number of nitrogens with zero attached hydrogens (tertiary/aromatic N) is 2. The van der Waals surface area contributed by atoms with Crippen molar-refractivity contribution in [1.82, 2.24) is 9.29 Å². The van der Waals surface area contributed by atoms with Gasteiger partial charge in [0.15, 0.2) is 5.03 Å². The highest BCUT2D eigenvalue weighted by Gasteiger charge is 2.28. The zero-order valence-corrected chi connectivity index (χ0v) is 12.8. The average Bonchev–Trinajstić information content (AvgIpc) is 2.35. The van der Waals surface area contributed by atoms with Crippen molar-refractivity contribution in [2.75, 3.05) is 6.54 Å². The quantitative estimate of drug-likeness (QED) is 0.861. The van der Waals surface area contributed by atoms with Crippen molar-refractivity contribution in [3.8, 4) is 0 Å². The lowest BCUT2D eigenvalue weighted by molar-refractivity contribution is 0.318. The van der Waals surface area contributed by atoms with E-state index in [-0.39, 0.29) is 17.0 Å². The number of aromatic nitrogens is 1. The van der Waals surface area contributed by atoms with Gasteiger partial charge in [0.2, 0.25) is 0 Å². The Morgan fingerprint density at radius 3 is 2.26 bits per heavy atom. The van der Waals surface area contributed by atoms with E-state index in [1.807, 2.05) is 27.7 Å². The predicted octanol–water partition coefficient (Wildman–Crippen LogP) is 1.60. The molecule has 0 radical (unpaired) electrons. The third-order valence-electron chi connectivity index (χ3n) is 2.73. The smallest absolute Gasteiger partial charge is 0.260 e. The van der Waals surface area contributed by atoms with E-state index in [9.17, 15) is 8.42 Å². The largest absolute Gasteiger partial charge is 0.326 e. The summed E-state index contributed by atoms with van der Waals surface area (Å²) in [6.07, 6.45) is 1.51. The van der Waals surface area contributed by atoms with Crippen LogP contribution in [0, 0.1) is 5.92 Å². The maximum absolute atomic E-state index is 12.5. The molecule has 0 saturated heterocycles. The fraction of sp³-hybridized carbons (Fsp3) is 0.615. The third-order valence-corrected chi connectivity index (χ3v) is 4.69. The lowest BCUT2D eigenvalue weighted by Gasteiger charge is -2.27. The highest BCUT2D eigenvalue weighted by molar-refractivity contribution is 7.89. The first-order valence-electron chi connectivity index (χ1n) is 6.46. The van der Waals surface area contributed by atoms with Crippen molar-refractivity contribution in [2.45, 2.75) is 45.3 Å². The molecule has 1 aromatic heterocycles. The molecule has 108 valence electrons. The number of rotatable bonds is 6. The van der Waals surface area contributed by atoms with Crippen LogP contribution >= 0.6 is 0 Å². The Bertz CT molecular complexity index is 495. The van der Waals surface area contributed by atoms with Crippen LogP contribution in [0.5, 0.6) is 0 Å². The molecule has 0 saturated carbocycles. The van der Waals surface area contributed by atoms with Gasteiger partial charge >= 0.3 is 0 Å². The summed E-state index contributed by atoms with van der Waals surface area (Å²) >= 11 is 0. The van der Waals surface area contributed by atoms with Gasteiger partial charge < -0.3 is 5.73 Å². The summed E-state index contributed by atoms with van der Waals surface area (Å²) in [5, 5.41) is 0.0825. The molecule has 0 amide bonds. The minimum absolute atomic E-state index is 0.0825. The molecule has 0 aliphatic rings. The normalized spacial score (nSPS) is 12.6. The Morgan fingerprint density at radius 2 is 1.89 bits per heavy atom. The number of pyridine rings is 1. The van der Waals surface area contributed by atoms with Crippen LogP contribution in [0.1, 0.15) is 33.3 Å². The highest BCUT2D eigenvalue weighted by Crippen LogP contribution is 2.18. The lowest BCUT2D eigenvalue weighted by atomic mass is 10.2. The van der Waals surface area contributed by atoms with E-state index in [0.717, 1.165) is 5.56 Å². The summed E-state index contributed by atoms with van der Waals surface area (Å²) in [7, 11) is -3.54. The van der Waals surface area contributed by atoms with Crippen LogP contribution in [0.2, 0.25) is 0 Å². The van der Waals surface area contributed by atoms with Gasteiger partial charge in [-0.1, -0.05) is 19.9 Å². The zero-order valence-electron chi connectivity index (χ0n) is 12.0. The van der Waals surface area contributed by atoms with Gasteiger partial charge in [-0.2, -0.15) is 4.31 Å². The van der Waals surface area contributed by atoms with Crippen LogP contribution < -0.4 is 5.73 Å². The first-order chi connectivity index (χ1) is 8.78. The molecule has 0 aliphatic heterocycles. The average molecular weight is 285 g/mol. The molecule has 0 bridgehead atoms. The Kier molecular flexibility index (Phi) is 5.46. The molecule has 0 aromatic carbocycles. The fourth-order valence-electron chi connectivity index (χ4n) is 1.75. The van der Waals surface area contributed by atoms with Gasteiger partial charge in [-0.15, -0.1) is 0 Å². The first kappa shape index (κ1) is 16.1. The maximum atomic E-state index is 12.5. The van der Waals surface area contributed by atoms with Crippen molar-refractivity contribution < 1.29 is 8.42 Å². The van der Waals surface area contributed by atoms with Gasteiger partial charge in [0.1, 0.15) is 0 Å². The molecule has 0 atom stereocenters. The minimum Gasteiger partial charge on any atom is -0.326 e.